The summed E-state index contributed by atoms with van der Waals surface area (Å²) in [5, 5.41) is 4.78. The van der Waals surface area contributed by atoms with E-state index in [-0.39, 0.29) is 5.41 Å². The summed E-state index contributed by atoms with van der Waals surface area (Å²) >= 11 is 0. The Bertz CT molecular complexity index is 3130. The van der Waals surface area contributed by atoms with Gasteiger partial charge in [0.15, 0.2) is 0 Å². The molecule has 2 heteroatoms. The third-order valence-electron chi connectivity index (χ3n) is 11.7. The van der Waals surface area contributed by atoms with Crippen LogP contribution in [0.25, 0.3) is 77.2 Å². The fraction of sp³-hybridized carbons (Fsp3) is 0.0877. The molecule has 9 aromatic carbocycles. The number of furan rings is 1. The first-order valence-corrected chi connectivity index (χ1v) is 20.5. The van der Waals surface area contributed by atoms with Crippen LogP contribution in [0.1, 0.15) is 31.9 Å². The number of nitrogens with zero attached hydrogens (tertiary/aromatic N) is 1. The third-order valence-corrected chi connectivity index (χ3v) is 11.7. The van der Waals surface area contributed by atoms with Crippen LogP contribution in [0.4, 0.5) is 17.1 Å². The van der Waals surface area contributed by atoms with Crippen LogP contribution in [0.5, 0.6) is 0 Å². The molecule has 0 fully saturated rings. The highest BCUT2D eigenvalue weighted by Crippen LogP contribution is 2.42. The highest BCUT2D eigenvalue weighted by Gasteiger charge is 2.22. The van der Waals surface area contributed by atoms with Crippen molar-refractivity contribution >= 4 is 49.8 Å². The van der Waals surface area contributed by atoms with Gasteiger partial charge in [-0.05, 0) is 139 Å². The van der Waals surface area contributed by atoms with Crippen molar-refractivity contribution in [3.63, 3.8) is 0 Å². The van der Waals surface area contributed by atoms with Crippen molar-refractivity contribution in [2.45, 2.75) is 33.1 Å². The molecule has 1 heterocycles. The number of hydrogen-bond acceptors (Lipinski definition) is 2. The van der Waals surface area contributed by atoms with Crippen LogP contribution in [0, 0.1) is 6.92 Å². The molecule has 0 radical (unpaired) electrons. The molecule has 0 spiro atoms. The van der Waals surface area contributed by atoms with E-state index in [0.717, 1.165) is 50.1 Å². The van der Waals surface area contributed by atoms with Crippen LogP contribution in [0.15, 0.2) is 205 Å². The quantitative estimate of drug-likeness (QED) is 0.161. The van der Waals surface area contributed by atoms with Gasteiger partial charge in [-0.25, -0.2) is 0 Å². The molecule has 1 aromatic heterocycles. The maximum absolute atomic E-state index is 6.25. The third kappa shape index (κ3) is 6.87. The molecule has 0 saturated carbocycles. The zero-order valence-corrected chi connectivity index (χ0v) is 33.9. The topological polar surface area (TPSA) is 16.4 Å². The van der Waals surface area contributed by atoms with Gasteiger partial charge in [-0.1, -0.05) is 160 Å². The van der Waals surface area contributed by atoms with Gasteiger partial charge in [0.05, 0.1) is 0 Å². The Morgan fingerprint density at radius 2 is 0.898 bits per heavy atom. The summed E-state index contributed by atoms with van der Waals surface area (Å²) in [7, 11) is 0. The van der Waals surface area contributed by atoms with E-state index in [1.165, 1.54) is 55.3 Å². The molecule has 0 aliphatic rings. The molecule has 10 rings (SSSR count). The van der Waals surface area contributed by atoms with Crippen LogP contribution in [0.3, 0.4) is 0 Å². The second-order valence-electron chi connectivity index (χ2n) is 16.7. The van der Waals surface area contributed by atoms with Gasteiger partial charge >= 0.3 is 0 Å². The van der Waals surface area contributed by atoms with Gasteiger partial charge in [0.25, 0.3) is 0 Å². The van der Waals surface area contributed by atoms with Crippen molar-refractivity contribution in [1.82, 2.24) is 0 Å². The van der Waals surface area contributed by atoms with E-state index in [0.29, 0.717) is 0 Å². The molecule has 0 bridgehead atoms. The van der Waals surface area contributed by atoms with Crippen LogP contribution in [0.2, 0.25) is 0 Å². The van der Waals surface area contributed by atoms with Crippen LogP contribution >= 0.6 is 0 Å². The summed E-state index contributed by atoms with van der Waals surface area (Å²) in [6, 6.07) is 72.5. The van der Waals surface area contributed by atoms with Crippen molar-refractivity contribution in [3.05, 3.63) is 211 Å². The Kier molecular flexibility index (Phi) is 8.99. The lowest BCUT2D eigenvalue weighted by molar-refractivity contribution is 0.592. The molecular weight excluding hydrogens is 715 g/mol. The lowest BCUT2D eigenvalue weighted by Gasteiger charge is -2.28. The van der Waals surface area contributed by atoms with E-state index < -0.39 is 0 Å². The summed E-state index contributed by atoms with van der Waals surface area (Å²) in [5.74, 6) is 0. The first-order valence-electron chi connectivity index (χ1n) is 20.5. The van der Waals surface area contributed by atoms with Gasteiger partial charge < -0.3 is 9.32 Å². The predicted octanol–water partition coefficient (Wildman–Crippen LogP) is 16.5. The lowest BCUT2D eigenvalue weighted by atomic mass is 9.79. The molecule has 2 nitrogen and oxygen atoms in total. The largest absolute Gasteiger partial charge is 0.456 e. The minimum absolute atomic E-state index is 0.0409. The molecule has 0 atom stereocenters. The maximum Gasteiger partial charge on any atom is 0.136 e. The second kappa shape index (κ2) is 14.7. The predicted molar refractivity (Wildman–Crippen MR) is 251 cm³/mol. The normalized spacial score (nSPS) is 11.7. The first kappa shape index (κ1) is 36.2. The summed E-state index contributed by atoms with van der Waals surface area (Å²) in [5.41, 5.74) is 17.3. The van der Waals surface area contributed by atoms with Crippen LogP contribution in [-0.2, 0) is 5.41 Å². The zero-order valence-electron chi connectivity index (χ0n) is 33.9. The Hall–Kier alpha value is -7.16. The molecule has 0 aliphatic carbocycles. The van der Waals surface area contributed by atoms with E-state index in [9.17, 15) is 0 Å². The Labute approximate surface area is 346 Å². The molecule has 10 aromatic rings. The molecule has 0 saturated heterocycles. The molecule has 0 unspecified atom stereocenters. The summed E-state index contributed by atoms with van der Waals surface area (Å²) in [4.78, 5) is 2.37. The van der Waals surface area contributed by atoms with Gasteiger partial charge in [-0.2, -0.15) is 0 Å². The monoisotopic (exact) mass is 759 g/mol. The van der Waals surface area contributed by atoms with Crippen molar-refractivity contribution in [2.24, 2.45) is 0 Å². The minimum Gasteiger partial charge on any atom is -0.456 e. The number of fused-ring (bicyclic) bond motifs is 4. The SMILES string of the molecule is Cc1cc(N(c2ccc(-c3ccc4ccccc4c3)cc2)c2ccc(-c3ccc4c(c3)oc3ccccc34)cc2)ccc1-c1ccc(-c2ccccc2)cc1C(C)(C)C. The van der Waals surface area contributed by atoms with E-state index in [1.54, 1.807) is 0 Å². The number of rotatable bonds is 7. The van der Waals surface area contributed by atoms with Gasteiger partial charge in [-0.3, -0.25) is 0 Å². The minimum atomic E-state index is -0.0409. The highest BCUT2D eigenvalue weighted by atomic mass is 16.3. The summed E-state index contributed by atoms with van der Waals surface area (Å²) < 4.78 is 6.25. The highest BCUT2D eigenvalue weighted by molar-refractivity contribution is 6.06. The molecule has 59 heavy (non-hydrogen) atoms. The molecule has 0 amide bonds. The van der Waals surface area contributed by atoms with Gasteiger partial charge in [0, 0.05) is 27.8 Å². The zero-order chi connectivity index (χ0) is 40.1. The molecule has 284 valence electrons. The molecule has 0 aliphatic heterocycles. The van der Waals surface area contributed by atoms with E-state index in [2.05, 4.69) is 221 Å². The van der Waals surface area contributed by atoms with Crippen molar-refractivity contribution < 1.29 is 4.42 Å². The van der Waals surface area contributed by atoms with Crippen molar-refractivity contribution in [3.8, 4) is 44.5 Å². The van der Waals surface area contributed by atoms with Crippen LogP contribution in [-0.4, -0.2) is 0 Å². The average molecular weight is 760 g/mol. The lowest BCUT2D eigenvalue weighted by Crippen LogP contribution is -2.13. The van der Waals surface area contributed by atoms with Gasteiger partial charge in [0.1, 0.15) is 11.2 Å². The summed E-state index contributed by atoms with van der Waals surface area (Å²) in [6.07, 6.45) is 0. The first-order chi connectivity index (χ1) is 28.8. The number of aryl methyl sites for hydroxylation is 1. The van der Waals surface area contributed by atoms with Crippen molar-refractivity contribution in [1.29, 1.82) is 0 Å². The fourth-order valence-corrected chi connectivity index (χ4v) is 8.63. The summed E-state index contributed by atoms with van der Waals surface area (Å²) in [6.45, 7) is 9.18. The number of anilines is 3. The van der Waals surface area contributed by atoms with Gasteiger partial charge in [0.2, 0.25) is 0 Å². The standard InChI is InChI=1S/C57H45NO/c1-38-34-49(30-33-50(38)51-31-24-45(36-54(51)57(2,3)4)39-12-6-5-7-13-39)58(47-26-20-41(21-27-47)44-19-18-40-14-8-9-15-43(40)35-44)48-28-22-42(23-29-48)46-25-32-53-52-16-10-11-17-55(52)59-56(53)37-46/h5-37H,1-4H3. The van der Waals surface area contributed by atoms with Gasteiger partial charge in [-0.15, -0.1) is 0 Å². The van der Waals surface area contributed by atoms with E-state index >= 15 is 0 Å². The van der Waals surface area contributed by atoms with Crippen molar-refractivity contribution in [2.75, 3.05) is 4.90 Å². The second-order valence-corrected chi connectivity index (χ2v) is 16.7. The van der Waals surface area contributed by atoms with E-state index in [1.807, 2.05) is 12.1 Å². The molecule has 0 N–H and O–H groups in total. The number of para-hydroxylation sites is 1. The van der Waals surface area contributed by atoms with Crippen LogP contribution < -0.4 is 4.90 Å². The van der Waals surface area contributed by atoms with E-state index in [4.69, 9.17) is 4.42 Å². The Balaban J connectivity index is 1.04. The molecular formula is C57H45NO. The number of hydrogen-bond donors (Lipinski definition) is 0. The number of benzene rings is 9. The Morgan fingerprint density at radius 3 is 1.61 bits per heavy atom. The smallest absolute Gasteiger partial charge is 0.136 e. The maximum atomic E-state index is 6.25. The Morgan fingerprint density at radius 1 is 0.373 bits per heavy atom. The average Bonchev–Trinajstić information content (AvgIpc) is 3.65. The fourth-order valence-electron chi connectivity index (χ4n) is 8.63.